The van der Waals surface area contributed by atoms with E-state index in [9.17, 15) is 14.4 Å². The van der Waals surface area contributed by atoms with Crippen LogP contribution in [0, 0.1) is 6.92 Å². The molecule has 3 saturated heterocycles. The number of piperazine rings is 1. The molecule has 3 aliphatic rings. The number of hydrogen-bond acceptors (Lipinski definition) is 9. The summed E-state index contributed by atoms with van der Waals surface area (Å²) in [5.74, 6) is -0.278. The fraction of sp³-hybridized carbons (Fsp3) is 0.538. The van der Waals surface area contributed by atoms with Crippen LogP contribution in [0.4, 0.5) is 5.82 Å². The van der Waals surface area contributed by atoms with Crippen molar-refractivity contribution >= 4 is 23.5 Å². The molecule has 3 amide bonds. The number of pyridine rings is 1. The molecule has 0 aromatic carbocycles. The summed E-state index contributed by atoms with van der Waals surface area (Å²) in [6.45, 7) is 5.01. The highest BCUT2D eigenvalue weighted by molar-refractivity contribution is 5.96. The summed E-state index contributed by atoms with van der Waals surface area (Å²) < 4.78 is 11.5. The van der Waals surface area contributed by atoms with Gasteiger partial charge in [-0.15, -0.1) is 0 Å². The van der Waals surface area contributed by atoms with Gasteiger partial charge < -0.3 is 30.3 Å². The van der Waals surface area contributed by atoms with Crippen LogP contribution in [0.2, 0.25) is 0 Å². The molecule has 12 heteroatoms. The number of carbonyl (C=O) groups excluding carboxylic acids is 3. The molecule has 0 radical (unpaired) electrons. The van der Waals surface area contributed by atoms with Crippen LogP contribution in [-0.4, -0.2) is 89.6 Å². The molecule has 0 saturated carbocycles. The minimum atomic E-state index is -0.526. The average molecular weight is 524 g/mol. The molecule has 5 rings (SSSR count). The minimum Gasteiger partial charge on any atom is -0.461 e. The summed E-state index contributed by atoms with van der Waals surface area (Å²) in [5, 5.41) is 2.73. The average Bonchev–Trinajstić information content (AvgIpc) is 3.45. The Balaban J connectivity index is 1.33. The maximum atomic E-state index is 13.3. The van der Waals surface area contributed by atoms with Crippen LogP contribution in [0.15, 0.2) is 18.2 Å². The van der Waals surface area contributed by atoms with Gasteiger partial charge in [0.05, 0.1) is 12.6 Å². The molecule has 5 heterocycles. The molecule has 0 bridgehead atoms. The Morgan fingerprint density at radius 3 is 2.68 bits per heavy atom. The van der Waals surface area contributed by atoms with Gasteiger partial charge in [0.1, 0.15) is 23.8 Å². The second-order valence-corrected chi connectivity index (χ2v) is 9.94. The first-order valence-electron chi connectivity index (χ1n) is 13.1. The topological polar surface area (TPSA) is 153 Å². The highest BCUT2D eigenvalue weighted by Crippen LogP contribution is 2.30. The van der Waals surface area contributed by atoms with Crippen LogP contribution in [0.1, 0.15) is 63.8 Å². The van der Waals surface area contributed by atoms with E-state index in [1.54, 1.807) is 6.07 Å². The Hall–Kier alpha value is -3.80. The predicted molar refractivity (Wildman–Crippen MR) is 137 cm³/mol. The minimum absolute atomic E-state index is 0.00743. The van der Waals surface area contributed by atoms with Gasteiger partial charge >= 0.3 is 6.01 Å². The Bertz CT molecular complexity index is 1210. The van der Waals surface area contributed by atoms with Crippen molar-refractivity contribution in [2.45, 2.75) is 44.6 Å². The van der Waals surface area contributed by atoms with Crippen LogP contribution >= 0.6 is 0 Å². The monoisotopic (exact) mass is 523 g/mol. The lowest BCUT2D eigenvalue weighted by Gasteiger charge is -2.33. The highest BCUT2D eigenvalue weighted by Gasteiger charge is 2.28. The number of nitrogens with one attached hydrogen (secondary N) is 1. The molecule has 12 nitrogen and oxygen atoms in total. The van der Waals surface area contributed by atoms with Gasteiger partial charge in [-0.05, 0) is 44.2 Å². The number of aromatic nitrogens is 3. The van der Waals surface area contributed by atoms with Gasteiger partial charge in [0, 0.05) is 50.5 Å². The van der Waals surface area contributed by atoms with E-state index in [1.165, 1.54) is 4.90 Å². The van der Waals surface area contributed by atoms with Gasteiger partial charge in [0.2, 0.25) is 5.91 Å². The van der Waals surface area contributed by atoms with E-state index in [2.05, 4.69) is 25.2 Å². The Labute approximate surface area is 220 Å². The number of hydrogen-bond donors (Lipinski definition) is 2. The number of ether oxygens (including phenoxy) is 2. The first kappa shape index (κ1) is 25.8. The lowest BCUT2D eigenvalue weighted by atomic mass is 9.92. The van der Waals surface area contributed by atoms with E-state index in [0.717, 1.165) is 36.9 Å². The summed E-state index contributed by atoms with van der Waals surface area (Å²) in [4.78, 5) is 54.0. The number of amides is 3. The fourth-order valence-electron chi connectivity index (χ4n) is 5.09. The number of aryl methyl sites for hydroxylation is 1. The Morgan fingerprint density at radius 1 is 1.16 bits per heavy atom. The van der Waals surface area contributed by atoms with Gasteiger partial charge in [0.15, 0.2) is 0 Å². The van der Waals surface area contributed by atoms with Crippen molar-refractivity contribution in [2.75, 3.05) is 50.8 Å². The van der Waals surface area contributed by atoms with Crippen molar-refractivity contribution in [3.05, 3.63) is 40.8 Å². The zero-order valence-electron chi connectivity index (χ0n) is 21.5. The quantitative estimate of drug-likeness (QED) is 0.536. The van der Waals surface area contributed by atoms with Crippen LogP contribution in [0.5, 0.6) is 6.01 Å². The zero-order chi connectivity index (χ0) is 26.6. The van der Waals surface area contributed by atoms with Crippen molar-refractivity contribution in [3.63, 3.8) is 0 Å². The van der Waals surface area contributed by atoms with Crippen LogP contribution in [0.25, 0.3) is 0 Å². The second kappa shape index (κ2) is 11.3. The molecule has 0 spiro atoms. The predicted octanol–water partition coefficient (Wildman–Crippen LogP) is 0.793. The smallest absolute Gasteiger partial charge is 0.319 e. The number of rotatable bonds is 7. The van der Waals surface area contributed by atoms with Gasteiger partial charge in [-0.3, -0.25) is 14.4 Å². The molecule has 3 aliphatic heterocycles. The van der Waals surface area contributed by atoms with E-state index in [4.69, 9.17) is 15.2 Å². The van der Waals surface area contributed by atoms with Gasteiger partial charge in [0.25, 0.3) is 11.8 Å². The van der Waals surface area contributed by atoms with Gasteiger partial charge in [-0.25, -0.2) is 4.98 Å². The summed E-state index contributed by atoms with van der Waals surface area (Å²) in [5.41, 5.74) is 7.61. The van der Waals surface area contributed by atoms with Crippen molar-refractivity contribution in [1.29, 1.82) is 0 Å². The summed E-state index contributed by atoms with van der Waals surface area (Å²) in [6.07, 6.45) is 3.46. The van der Waals surface area contributed by atoms with E-state index in [1.807, 2.05) is 19.1 Å². The Morgan fingerprint density at radius 2 is 1.97 bits per heavy atom. The molecular formula is C26H33N7O5. The standard InChI is InChI=1S/C26H33N7O5/c1-16-4-5-19(29-23(16)24(27)35)17-6-9-32(10-7-17)21-13-20(25(36)33-11-8-28-22(34)14-33)30-26(31-21)38-15-18-3-2-12-37-18/h4-5,13,17-18H,2-3,6-12,14-15H2,1H3,(H2,27,35)(H,28,34)/t18-/m1/s1. The third kappa shape index (κ3) is 5.85. The van der Waals surface area contributed by atoms with Crippen molar-refractivity contribution in [2.24, 2.45) is 5.73 Å². The van der Waals surface area contributed by atoms with E-state index in [0.29, 0.717) is 50.9 Å². The van der Waals surface area contributed by atoms with E-state index >= 15 is 0 Å². The number of piperidine rings is 1. The van der Waals surface area contributed by atoms with Crippen molar-refractivity contribution < 1.29 is 23.9 Å². The highest BCUT2D eigenvalue weighted by atomic mass is 16.5. The van der Waals surface area contributed by atoms with Crippen LogP contribution in [-0.2, 0) is 9.53 Å². The van der Waals surface area contributed by atoms with E-state index < -0.39 is 5.91 Å². The molecule has 3 N–H and O–H groups in total. The maximum Gasteiger partial charge on any atom is 0.319 e. The molecule has 0 aliphatic carbocycles. The molecule has 0 unspecified atom stereocenters. The number of carbonyl (C=O) groups is 3. The molecule has 3 fully saturated rings. The largest absolute Gasteiger partial charge is 0.461 e. The Kier molecular flexibility index (Phi) is 7.68. The number of nitrogens with zero attached hydrogens (tertiary/aromatic N) is 5. The van der Waals surface area contributed by atoms with Gasteiger partial charge in [-0.2, -0.15) is 9.97 Å². The summed E-state index contributed by atoms with van der Waals surface area (Å²) in [7, 11) is 0. The molecule has 2 aromatic heterocycles. The second-order valence-electron chi connectivity index (χ2n) is 9.94. The molecular weight excluding hydrogens is 490 g/mol. The number of anilines is 1. The molecule has 2 aromatic rings. The third-order valence-electron chi connectivity index (χ3n) is 7.25. The first-order valence-corrected chi connectivity index (χ1v) is 13.1. The first-order chi connectivity index (χ1) is 18.4. The number of nitrogens with two attached hydrogens (primary N) is 1. The SMILES string of the molecule is Cc1ccc(C2CCN(c3cc(C(=O)N4CCNC(=O)C4)nc(OC[C@H]4CCCO4)n3)CC2)nc1C(N)=O. The normalized spacial score (nSPS) is 20.3. The van der Waals surface area contributed by atoms with Crippen LogP contribution in [0.3, 0.4) is 0 Å². The molecule has 1 atom stereocenters. The van der Waals surface area contributed by atoms with Gasteiger partial charge in [-0.1, -0.05) is 6.07 Å². The molecule has 38 heavy (non-hydrogen) atoms. The lowest BCUT2D eigenvalue weighted by Crippen LogP contribution is -2.50. The van der Waals surface area contributed by atoms with Crippen molar-refractivity contribution in [1.82, 2.24) is 25.2 Å². The maximum absolute atomic E-state index is 13.3. The molecule has 202 valence electrons. The lowest BCUT2D eigenvalue weighted by molar-refractivity contribution is -0.123. The van der Waals surface area contributed by atoms with E-state index in [-0.39, 0.29) is 42.1 Å². The number of primary amides is 1. The fourth-order valence-corrected chi connectivity index (χ4v) is 5.09. The summed E-state index contributed by atoms with van der Waals surface area (Å²) >= 11 is 0. The summed E-state index contributed by atoms with van der Waals surface area (Å²) in [6, 6.07) is 5.63. The third-order valence-corrected chi connectivity index (χ3v) is 7.25. The van der Waals surface area contributed by atoms with Crippen molar-refractivity contribution in [3.8, 4) is 6.01 Å². The zero-order valence-corrected chi connectivity index (χ0v) is 21.5. The van der Waals surface area contributed by atoms with Crippen LogP contribution < -0.4 is 20.7 Å².